The summed E-state index contributed by atoms with van der Waals surface area (Å²) >= 11 is 0. The summed E-state index contributed by atoms with van der Waals surface area (Å²) in [5.74, 6) is -1.49. The number of nitrogens with zero attached hydrogens (tertiary/aromatic N) is 1. The van der Waals surface area contributed by atoms with Gasteiger partial charge < -0.3 is 19.7 Å². The van der Waals surface area contributed by atoms with E-state index in [1.165, 1.54) is 0 Å². The number of hydrogen-bond donors (Lipinski definition) is 2. The Labute approximate surface area is 169 Å². The highest BCUT2D eigenvalue weighted by atomic mass is 16.5. The van der Waals surface area contributed by atoms with Crippen LogP contribution in [-0.2, 0) is 27.3 Å². The van der Waals surface area contributed by atoms with Crippen LogP contribution in [0.25, 0.3) is 0 Å². The predicted molar refractivity (Wildman–Crippen MR) is 107 cm³/mol. The van der Waals surface area contributed by atoms with Crippen molar-refractivity contribution in [2.75, 3.05) is 13.2 Å². The maximum Gasteiger partial charge on any atom is 0.312 e. The van der Waals surface area contributed by atoms with Crippen LogP contribution in [-0.4, -0.2) is 46.6 Å². The monoisotopic (exact) mass is 398 g/mol. The molecule has 0 unspecified atom stereocenters. The fraction of sp³-hybridized carbons (Fsp3) is 0.409. The average molecular weight is 398 g/mol. The van der Waals surface area contributed by atoms with Crippen molar-refractivity contribution < 1.29 is 24.2 Å². The third kappa shape index (κ3) is 4.74. The number of nitrogens with one attached hydrogen (secondary N) is 1. The SMILES string of the molecule is CC(C)(CNC=O)OCCc1ccc(C(=O)c2ccc3n2CC[C@@H]3C(=O)O)cc1. The molecule has 154 valence electrons. The molecule has 29 heavy (non-hydrogen) atoms. The first-order valence-electron chi connectivity index (χ1n) is 9.69. The normalized spacial score (nSPS) is 15.7. The minimum atomic E-state index is -0.850. The standard InChI is InChI=1S/C22H26N2O5/c1-22(2,13-23-14-25)29-12-10-15-3-5-16(6-4-15)20(26)19-8-7-18-17(21(27)28)9-11-24(18)19/h3-8,14,17H,9-13H2,1-2H3,(H,23,25)(H,27,28)/t17-/m0/s1. The molecule has 0 saturated heterocycles. The van der Waals surface area contributed by atoms with Gasteiger partial charge in [0.1, 0.15) is 0 Å². The van der Waals surface area contributed by atoms with Crippen LogP contribution in [0, 0.1) is 0 Å². The molecular weight excluding hydrogens is 372 g/mol. The summed E-state index contributed by atoms with van der Waals surface area (Å²) in [4.78, 5) is 34.6. The summed E-state index contributed by atoms with van der Waals surface area (Å²) in [5.41, 5.74) is 2.41. The average Bonchev–Trinajstić information content (AvgIpc) is 3.28. The van der Waals surface area contributed by atoms with E-state index in [0.29, 0.717) is 55.9 Å². The molecule has 0 aliphatic carbocycles. The number of rotatable bonds is 10. The van der Waals surface area contributed by atoms with E-state index in [1.807, 2.05) is 30.5 Å². The Morgan fingerprint density at radius 3 is 2.62 bits per heavy atom. The molecule has 0 fully saturated rings. The zero-order chi connectivity index (χ0) is 21.0. The largest absolute Gasteiger partial charge is 0.481 e. The lowest BCUT2D eigenvalue weighted by Gasteiger charge is -2.24. The van der Waals surface area contributed by atoms with Gasteiger partial charge in [-0.15, -0.1) is 0 Å². The second-order valence-electron chi connectivity index (χ2n) is 7.86. The van der Waals surface area contributed by atoms with Gasteiger partial charge in [-0.2, -0.15) is 0 Å². The van der Waals surface area contributed by atoms with Crippen LogP contribution in [0.3, 0.4) is 0 Å². The van der Waals surface area contributed by atoms with E-state index in [9.17, 15) is 19.5 Å². The van der Waals surface area contributed by atoms with Gasteiger partial charge in [-0.25, -0.2) is 0 Å². The fourth-order valence-electron chi connectivity index (χ4n) is 3.65. The third-order valence-electron chi connectivity index (χ3n) is 5.25. The molecule has 7 nitrogen and oxygen atoms in total. The van der Waals surface area contributed by atoms with Gasteiger partial charge in [0.2, 0.25) is 12.2 Å². The van der Waals surface area contributed by atoms with Crippen LogP contribution in [0.1, 0.15) is 53.5 Å². The highest BCUT2D eigenvalue weighted by Gasteiger charge is 2.31. The van der Waals surface area contributed by atoms with E-state index in [0.717, 1.165) is 5.56 Å². The quantitative estimate of drug-likeness (QED) is 0.473. The number of hydrogen-bond acceptors (Lipinski definition) is 4. The minimum Gasteiger partial charge on any atom is -0.481 e. The molecule has 1 atom stereocenters. The zero-order valence-corrected chi connectivity index (χ0v) is 16.7. The van der Waals surface area contributed by atoms with Crippen LogP contribution in [0.4, 0.5) is 0 Å². The van der Waals surface area contributed by atoms with Crippen LogP contribution in [0.15, 0.2) is 36.4 Å². The number of carboxylic acid groups (broad SMARTS) is 1. The number of carbonyl (C=O) groups excluding carboxylic acids is 2. The number of carboxylic acids is 1. The smallest absolute Gasteiger partial charge is 0.312 e. The van der Waals surface area contributed by atoms with Crippen molar-refractivity contribution in [1.29, 1.82) is 0 Å². The van der Waals surface area contributed by atoms with Crippen LogP contribution in [0.2, 0.25) is 0 Å². The first-order valence-corrected chi connectivity index (χ1v) is 9.69. The molecule has 7 heteroatoms. The molecule has 1 aliphatic rings. The summed E-state index contributed by atoms with van der Waals surface area (Å²) < 4.78 is 7.63. The summed E-state index contributed by atoms with van der Waals surface area (Å²) in [7, 11) is 0. The Morgan fingerprint density at radius 2 is 1.97 bits per heavy atom. The van der Waals surface area contributed by atoms with E-state index < -0.39 is 17.5 Å². The number of ketones is 1. The molecule has 2 aromatic rings. The van der Waals surface area contributed by atoms with Crippen molar-refractivity contribution in [3.63, 3.8) is 0 Å². The number of ether oxygens (including phenoxy) is 1. The topological polar surface area (TPSA) is 97.6 Å². The first kappa shape index (κ1) is 20.8. The number of fused-ring (bicyclic) bond motifs is 1. The summed E-state index contributed by atoms with van der Waals surface area (Å²) in [6.07, 6.45) is 1.87. The molecular formula is C22H26N2O5. The molecule has 1 amide bonds. The van der Waals surface area contributed by atoms with E-state index in [-0.39, 0.29) is 5.78 Å². The number of aliphatic carboxylic acids is 1. The molecule has 0 spiro atoms. The maximum absolute atomic E-state index is 12.9. The molecule has 0 bridgehead atoms. The minimum absolute atomic E-state index is 0.105. The third-order valence-corrected chi connectivity index (χ3v) is 5.25. The summed E-state index contributed by atoms with van der Waals surface area (Å²) in [6, 6.07) is 10.8. The van der Waals surface area contributed by atoms with Gasteiger partial charge in [0.25, 0.3) is 0 Å². The van der Waals surface area contributed by atoms with E-state index in [4.69, 9.17) is 4.74 Å². The van der Waals surface area contributed by atoms with E-state index in [1.54, 1.807) is 24.3 Å². The first-order chi connectivity index (χ1) is 13.8. The summed E-state index contributed by atoms with van der Waals surface area (Å²) in [6.45, 7) is 5.31. The van der Waals surface area contributed by atoms with Gasteiger partial charge in [0, 0.05) is 24.3 Å². The molecule has 1 aromatic heterocycles. The number of benzene rings is 1. The van der Waals surface area contributed by atoms with Gasteiger partial charge in [-0.1, -0.05) is 24.3 Å². The molecule has 3 rings (SSSR count). The van der Waals surface area contributed by atoms with Gasteiger partial charge in [-0.05, 0) is 44.4 Å². The molecule has 0 radical (unpaired) electrons. The molecule has 0 saturated carbocycles. The Balaban J connectivity index is 1.61. The predicted octanol–water partition coefficient (Wildman–Crippen LogP) is 2.37. The van der Waals surface area contributed by atoms with Gasteiger partial charge in [0.05, 0.1) is 23.8 Å². The van der Waals surface area contributed by atoms with E-state index in [2.05, 4.69) is 5.32 Å². The Morgan fingerprint density at radius 1 is 1.24 bits per heavy atom. The van der Waals surface area contributed by atoms with Crippen LogP contribution < -0.4 is 5.32 Å². The number of aromatic nitrogens is 1. The van der Waals surface area contributed by atoms with Crippen molar-refractivity contribution in [1.82, 2.24) is 9.88 Å². The van der Waals surface area contributed by atoms with Crippen molar-refractivity contribution >= 4 is 18.2 Å². The van der Waals surface area contributed by atoms with Crippen LogP contribution in [0.5, 0.6) is 0 Å². The Bertz CT molecular complexity index is 898. The van der Waals surface area contributed by atoms with Gasteiger partial charge >= 0.3 is 5.97 Å². The lowest BCUT2D eigenvalue weighted by Crippen LogP contribution is -2.37. The molecule has 1 aliphatic heterocycles. The lowest BCUT2D eigenvalue weighted by molar-refractivity contribution is -0.138. The molecule has 1 aromatic carbocycles. The van der Waals surface area contributed by atoms with Crippen LogP contribution >= 0.6 is 0 Å². The maximum atomic E-state index is 12.9. The molecule has 2 heterocycles. The Hall–Kier alpha value is -2.93. The fourth-order valence-corrected chi connectivity index (χ4v) is 3.65. The Kier molecular flexibility index (Phi) is 6.17. The highest BCUT2D eigenvalue weighted by Crippen LogP contribution is 2.31. The number of carbonyl (C=O) groups is 3. The number of amides is 1. The molecule has 2 N–H and O–H groups in total. The van der Waals surface area contributed by atoms with Crippen molar-refractivity contribution in [2.45, 2.75) is 44.8 Å². The highest BCUT2D eigenvalue weighted by molar-refractivity contribution is 6.08. The second kappa shape index (κ2) is 8.61. The van der Waals surface area contributed by atoms with E-state index >= 15 is 0 Å². The van der Waals surface area contributed by atoms with Gasteiger partial charge in [0.15, 0.2) is 0 Å². The van der Waals surface area contributed by atoms with Crippen molar-refractivity contribution in [2.24, 2.45) is 0 Å². The van der Waals surface area contributed by atoms with Crippen molar-refractivity contribution in [3.05, 3.63) is 58.9 Å². The van der Waals surface area contributed by atoms with Crippen molar-refractivity contribution in [3.8, 4) is 0 Å². The summed E-state index contributed by atoms with van der Waals surface area (Å²) in [5, 5.41) is 11.9. The van der Waals surface area contributed by atoms with Gasteiger partial charge in [-0.3, -0.25) is 14.4 Å². The second-order valence-corrected chi connectivity index (χ2v) is 7.86. The lowest BCUT2D eigenvalue weighted by atomic mass is 10.0. The zero-order valence-electron chi connectivity index (χ0n) is 16.7.